The van der Waals surface area contributed by atoms with Gasteiger partial charge in [0, 0.05) is 25.8 Å². The van der Waals surface area contributed by atoms with E-state index in [0.29, 0.717) is 6.04 Å². The van der Waals surface area contributed by atoms with Crippen LogP contribution in [0.2, 0.25) is 0 Å². The van der Waals surface area contributed by atoms with Crippen LogP contribution in [-0.2, 0) is 13.6 Å². The van der Waals surface area contributed by atoms with Gasteiger partial charge in [-0.3, -0.25) is 0 Å². The molecule has 4 nitrogen and oxygen atoms in total. The molecular formula is C12H22N4. The summed E-state index contributed by atoms with van der Waals surface area (Å²) >= 11 is 0. The SMILES string of the molecule is CCN1CCC(NCc2cncn2C)CC1. The van der Waals surface area contributed by atoms with E-state index in [1.165, 1.54) is 38.2 Å². The normalized spacial score (nSPS) is 19.1. The van der Waals surface area contributed by atoms with Crippen molar-refractivity contribution in [2.24, 2.45) is 7.05 Å². The molecule has 0 saturated carbocycles. The molecule has 1 aliphatic rings. The Kier molecular flexibility index (Phi) is 3.96. The quantitative estimate of drug-likeness (QED) is 0.825. The standard InChI is InChI=1S/C12H22N4/c1-3-16-6-4-11(5-7-16)14-9-12-8-13-10-15(12)2/h8,10-11,14H,3-7,9H2,1-2H3. The summed E-state index contributed by atoms with van der Waals surface area (Å²) in [6.07, 6.45) is 6.34. The van der Waals surface area contributed by atoms with Gasteiger partial charge in [-0.05, 0) is 32.5 Å². The van der Waals surface area contributed by atoms with Crippen LogP contribution >= 0.6 is 0 Å². The number of likely N-dealkylation sites (tertiary alicyclic amines) is 1. The molecule has 0 spiro atoms. The van der Waals surface area contributed by atoms with Gasteiger partial charge in [0.15, 0.2) is 0 Å². The van der Waals surface area contributed by atoms with Crippen molar-refractivity contribution in [2.75, 3.05) is 19.6 Å². The van der Waals surface area contributed by atoms with Gasteiger partial charge in [-0.1, -0.05) is 6.92 Å². The van der Waals surface area contributed by atoms with Gasteiger partial charge < -0.3 is 14.8 Å². The third kappa shape index (κ3) is 2.83. The third-order valence-electron chi connectivity index (χ3n) is 3.52. The summed E-state index contributed by atoms with van der Waals surface area (Å²) in [6, 6.07) is 0.678. The van der Waals surface area contributed by atoms with Crippen molar-refractivity contribution in [2.45, 2.75) is 32.4 Å². The molecule has 2 rings (SSSR count). The van der Waals surface area contributed by atoms with Gasteiger partial charge in [-0.15, -0.1) is 0 Å². The molecule has 1 aliphatic heterocycles. The summed E-state index contributed by atoms with van der Waals surface area (Å²) < 4.78 is 2.08. The molecule has 4 heteroatoms. The van der Waals surface area contributed by atoms with Crippen LogP contribution in [-0.4, -0.2) is 40.1 Å². The van der Waals surface area contributed by atoms with E-state index in [-0.39, 0.29) is 0 Å². The highest BCUT2D eigenvalue weighted by molar-refractivity contribution is 4.97. The zero-order chi connectivity index (χ0) is 11.4. The van der Waals surface area contributed by atoms with Gasteiger partial charge in [0.2, 0.25) is 0 Å². The molecule has 0 atom stereocenters. The second-order valence-corrected chi connectivity index (χ2v) is 4.59. The van der Waals surface area contributed by atoms with Crippen LogP contribution < -0.4 is 5.32 Å². The van der Waals surface area contributed by atoms with Gasteiger partial charge in [-0.25, -0.2) is 4.98 Å². The van der Waals surface area contributed by atoms with Gasteiger partial charge in [0.1, 0.15) is 0 Å². The van der Waals surface area contributed by atoms with E-state index in [1.807, 2.05) is 19.6 Å². The fraction of sp³-hybridized carbons (Fsp3) is 0.750. The molecule has 1 aromatic heterocycles. The van der Waals surface area contributed by atoms with Crippen LogP contribution in [0.3, 0.4) is 0 Å². The minimum absolute atomic E-state index is 0.678. The number of aromatic nitrogens is 2. The van der Waals surface area contributed by atoms with Crippen LogP contribution in [0.5, 0.6) is 0 Å². The van der Waals surface area contributed by atoms with Crippen molar-refractivity contribution in [3.63, 3.8) is 0 Å². The largest absolute Gasteiger partial charge is 0.337 e. The van der Waals surface area contributed by atoms with Crippen LogP contribution in [0.25, 0.3) is 0 Å². The van der Waals surface area contributed by atoms with E-state index in [2.05, 4.69) is 26.7 Å². The average molecular weight is 222 g/mol. The molecular weight excluding hydrogens is 200 g/mol. The number of aryl methyl sites for hydroxylation is 1. The van der Waals surface area contributed by atoms with Gasteiger partial charge in [0.05, 0.1) is 12.0 Å². The molecule has 0 radical (unpaired) electrons. The second-order valence-electron chi connectivity index (χ2n) is 4.59. The lowest BCUT2D eigenvalue weighted by atomic mass is 10.1. The molecule has 0 bridgehead atoms. The van der Waals surface area contributed by atoms with E-state index in [4.69, 9.17) is 0 Å². The maximum atomic E-state index is 4.13. The molecule has 0 unspecified atom stereocenters. The zero-order valence-electron chi connectivity index (χ0n) is 10.3. The highest BCUT2D eigenvalue weighted by atomic mass is 15.1. The molecule has 1 fully saturated rings. The number of rotatable bonds is 4. The Hall–Kier alpha value is -0.870. The average Bonchev–Trinajstić information content (AvgIpc) is 2.73. The minimum atomic E-state index is 0.678. The smallest absolute Gasteiger partial charge is 0.0945 e. The number of nitrogens with zero attached hydrogens (tertiary/aromatic N) is 3. The van der Waals surface area contributed by atoms with E-state index in [0.717, 1.165) is 6.54 Å². The van der Waals surface area contributed by atoms with Crippen molar-refractivity contribution in [1.29, 1.82) is 0 Å². The second kappa shape index (κ2) is 5.46. The highest BCUT2D eigenvalue weighted by Crippen LogP contribution is 2.10. The van der Waals surface area contributed by atoms with Crippen LogP contribution in [0, 0.1) is 0 Å². The van der Waals surface area contributed by atoms with Gasteiger partial charge >= 0.3 is 0 Å². The molecule has 90 valence electrons. The Labute approximate surface area is 97.7 Å². The Morgan fingerprint density at radius 2 is 2.19 bits per heavy atom. The predicted molar refractivity (Wildman–Crippen MR) is 65.2 cm³/mol. The first-order valence-corrected chi connectivity index (χ1v) is 6.20. The van der Waals surface area contributed by atoms with Crippen LogP contribution in [0.15, 0.2) is 12.5 Å². The number of hydrogen-bond acceptors (Lipinski definition) is 3. The first-order valence-electron chi connectivity index (χ1n) is 6.20. The predicted octanol–water partition coefficient (Wildman–Crippen LogP) is 0.994. The zero-order valence-corrected chi connectivity index (χ0v) is 10.3. The maximum absolute atomic E-state index is 4.13. The Bertz CT molecular complexity index is 313. The first-order chi connectivity index (χ1) is 7.79. The summed E-state index contributed by atoms with van der Waals surface area (Å²) in [7, 11) is 2.05. The molecule has 16 heavy (non-hydrogen) atoms. The summed E-state index contributed by atoms with van der Waals surface area (Å²) in [5.41, 5.74) is 1.26. The molecule has 2 heterocycles. The molecule has 1 aromatic rings. The lowest BCUT2D eigenvalue weighted by molar-refractivity contribution is 0.205. The van der Waals surface area contributed by atoms with Crippen molar-refractivity contribution in [1.82, 2.24) is 19.8 Å². The number of piperidine rings is 1. The summed E-state index contributed by atoms with van der Waals surface area (Å²) in [5, 5.41) is 3.62. The topological polar surface area (TPSA) is 33.1 Å². The van der Waals surface area contributed by atoms with Crippen LogP contribution in [0.4, 0.5) is 0 Å². The van der Waals surface area contributed by atoms with Crippen molar-refractivity contribution in [3.8, 4) is 0 Å². The molecule has 1 N–H and O–H groups in total. The monoisotopic (exact) mass is 222 g/mol. The van der Waals surface area contributed by atoms with Crippen molar-refractivity contribution in [3.05, 3.63) is 18.2 Å². The number of hydrogen-bond donors (Lipinski definition) is 1. The maximum Gasteiger partial charge on any atom is 0.0945 e. The Morgan fingerprint density at radius 1 is 1.44 bits per heavy atom. The first kappa shape index (κ1) is 11.6. The number of imidazole rings is 1. The Balaban J connectivity index is 1.73. The highest BCUT2D eigenvalue weighted by Gasteiger charge is 2.17. The molecule has 0 amide bonds. The Morgan fingerprint density at radius 3 is 2.75 bits per heavy atom. The molecule has 0 aromatic carbocycles. The minimum Gasteiger partial charge on any atom is -0.337 e. The summed E-state index contributed by atoms with van der Waals surface area (Å²) in [5.74, 6) is 0. The fourth-order valence-corrected chi connectivity index (χ4v) is 2.26. The van der Waals surface area contributed by atoms with Gasteiger partial charge in [-0.2, -0.15) is 0 Å². The molecule has 1 saturated heterocycles. The summed E-state index contributed by atoms with van der Waals surface area (Å²) in [6.45, 7) is 6.84. The van der Waals surface area contributed by atoms with E-state index < -0.39 is 0 Å². The molecule has 0 aliphatic carbocycles. The summed E-state index contributed by atoms with van der Waals surface area (Å²) in [4.78, 5) is 6.64. The van der Waals surface area contributed by atoms with E-state index >= 15 is 0 Å². The fourth-order valence-electron chi connectivity index (χ4n) is 2.26. The third-order valence-corrected chi connectivity index (χ3v) is 3.52. The lowest BCUT2D eigenvalue weighted by Crippen LogP contribution is -2.42. The number of nitrogens with one attached hydrogen (secondary N) is 1. The van der Waals surface area contributed by atoms with Crippen LogP contribution in [0.1, 0.15) is 25.5 Å². The van der Waals surface area contributed by atoms with E-state index in [1.54, 1.807) is 0 Å². The lowest BCUT2D eigenvalue weighted by Gasteiger charge is -2.31. The van der Waals surface area contributed by atoms with Crippen molar-refractivity contribution < 1.29 is 0 Å². The van der Waals surface area contributed by atoms with E-state index in [9.17, 15) is 0 Å². The van der Waals surface area contributed by atoms with Gasteiger partial charge in [0.25, 0.3) is 0 Å². The van der Waals surface area contributed by atoms with Crippen molar-refractivity contribution >= 4 is 0 Å².